The maximum absolute atomic E-state index is 11.2. The topological polar surface area (TPSA) is 29.1 Å². The molecule has 0 aliphatic carbocycles. The summed E-state index contributed by atoms with van der Waals surface area (Å²) in [5.41, 5.74) is 0. The lowest BCUT2D eigenvalue weighted by atomic mass is 10.0. The highest BCUT2D eigenvalue weighted by Gasteiger charge is 1.98. The molecule has 0 bridgehead atoms. The minimum Gasteiger partial charge on any atom is -0.356 e. The molecule has 0 aromatic rings. The first-order chi connectivity index (χ1) is 9.31. The molecule has 0 aliphatic rings. The first-order valence-corrected chi connectivity index (χ1v) is 8.58. The van der Waals surface area contributed by atoms with Crippen LogP contribution in [0.25, 0.3) is 0 Å². The van der Waals surface area contributed by atoms with E-state index in [0.717, 1.165) is 13.0 Å². The third-order valence-electron chi connectivity index (χ3n) is 3.63. The van der Waals surface area contributed by atoms with Gasteiger partial charge in [-0.1, -0.05) is 77.6 Å². The van der Waals surface area contributed by atoms with Crippen molar-refractivity contribution in [1.82, 2.24) is 5.32 Å². The molecule has 0 saturated heterocycles. The first-order valence-electron chi connectivity index (χ1n) is 8.58. The number of carbonyl (C=O) groups is 1. The zero-order valence-corrected chi connectivity index (χ0v) is 13.3. The first kappa shape index (κ1) is 18.5. The zero-order chi connectivity index (χ0) is 14.2. The van der Waals surface area contributed by atoms with E-state index in [4.69, 9.17) is 0 Å². The van der Waals surface area contributed by atoms with Crippen LogP contribution in [0.3, 0.4) is 0 Å². The summed E-state index contributed by atoms with van der Waals surface area (Å²) in [5, 5.41) is 2.85. The summed E-state index contributed by atoms with van der Waals surface area (Å²) in [6.45, 7) is 5.00. The number of hydrogen-bond acceptors (Lipinski definition) is 1. The van der Waals surface area contributed by atoms with Crippen LogP contribution in [0.4, 0.5) is 0 Å². The number of rotatable bonds is 14. The Morgan fingerprint density at radius 2 is 1.11 bits per heavy atom. The van der Waals surface area contributed by atoms with Crippen LogP contribution in [0.5, 0.6) is 0 Å². The molecule has 1 N–H and O–H groups in total. The Kier molecular flexibility index (Phi) is 15.1. The zero-order valence-electron chi connectivity index (χ0n) is 13.3. The van der Waals surface area contributed by atoms with Crippen LogP contribution in [0.15, 0.2) is 0 Å². The van der Waals surface area contributed by atoms with Gasteiger partial charge in [-0.2, -0.15) is 0 Å². The van der Waals surface area contributed by atoms with Crippen molar-refractivity contribution in [2.45, 2.75) is 97.3 Å². The van der Waals surface area contributed by atoms with E-state index >= 15 is 0 Å². The number of hydrogen-bond donors (Lipinski definition) is 1. The van der Waals surface area contributed by atoms with Crippen LogP contribution < -0.4 is 5.32 Å². The molecular weight excluding hydrogens is 234 g/mol. The summed E-state index contributed by atoms with van der Waals surface area (Å²) < 4.78 is 0. The van der Waals surface area contributed by atoms with Crippen molar-refractivity contribution in [3.63, 3.8) is 0 Å². The Morgan fingerprint density at radius 3 is 1.53 bits per heavy atom. The van der Waals surface area contributed by atoms with Crippen LogP contribution in [0.1, 0.15) is 97.3 Å². The molecule has 0 unspecified atom stereocenters. The quantitative estimate of drug-likeness (QED) is 0.431. The lowest BCUT2D eigenvalue weighted by Crippen LogP contribution is -2.21. The normalized spacial score (nSPS) is 10.6. The van der Waals surface area contributed by atoms with Crippen molar-refractivity contribution in [3.05, 3.63) is 0 Å². The largest absolute Gasteiger partial charge is 0.356 e. The highest BCUT2D eigenvalue weighted by molar-refractivity contribution is 5.75. The third-order valence-corrected chi connectivity index (χ3v) is 3.63. The molecule has 19 heavy (non-hydrogen) atoms. The van der Waals surface area contributed by atoms with E-state index in [0.29, 0.717) is 6.42 Å². The molecule has 114 valence electrons. The van der Waals surface area contributed by atoms with Gasteiger partial charge in [0.1, 0.15) is 0 Å². The van der Waals surface area contributed by atoms with Gasteiger partial charge in [-0.15, -0.1) is 0 Å². The fraction of sp³-hybridized carbons (Fsp3) is 0.941. The second-order valence-corrected chi connectivity index (χ2v) is 5.59. The van der Waals surface area contributed by atoms with Gasteiger partial charge in [0.25, 0.3) is 0 Å². The SMILES string of the molecule is CCCCCCCCCCCCCCC(=O)NCC. The summed E-state index contributed by atoms with van der Waals surface area (Å²) in [6.07, 6.45) is 16.9. The summed E-state index contributed by atoms with van der Waals surface area (Å²) in [6, 6.07) is 0. The number of unbranched alkanes of at least 4 members (excludes halogenated alkanes) is 11. The second-order valence-electron chi connectivity index (χ2n) is 5.59. The maximum atomic E-state index is 11.2. The van der Waals surface area contributed by atoms with Gasteiger partial charge >= 0.3 is 0 Å². The summed E-state index contributed by atoms with van der Waals surface area (Å²) in [5.74, 6) is 0.217. The molecule has 0 spiro atoms. The Morgan fingerprint density at radius 1 is 0.684 bits per heavy atom. The van der Waals surface area contributed by atoms with Crippen molar-refractivity contribution in [2.75, 3.05) is 6.54 Å². The average Bonchev–Trinajstić information content (AvgIpc) is 2.40. The standard InChI is InChI=1S/C17H35NO/c1-3-5-6-7-8-9-10-11-12-13-14-15-16-17(19)18-4-2/h3-16H2,1-2H3,(H,18,19). The molecule has 2 heteroatoms. The van der Waals surface area contributed by atoms with E-state index in [-0.39, 0.29) is 5.91 Å². The van der Waals surface area contributed by atoms with Crippen molar-refractivity contribution in [3.8, 4) is 0 Å². The van der Waals surface area contributed by atoms with Crippen LogP contribution in [-0.4, -0.2) is 12.5 Å². The monoisotopic (exact) mass is 269 g/mol. The van der Waals surface area contributed by atoms with Gasteiger partial charge in [-0.25, -0.2) is 0 Å². The van der Waals surface area contributed by atoms with E-state index in [1.807, 2.05) is 6.92 Å². The van der Waals surface area contributed by atoms with Gasteiger partial charge < -0.3 is 5.32 Å². The van der Waals surface area contributed by atoms with Crippen LogP contribution in [0.2, 0.25) is 0 Å². The Hall–Kier alpha value is -0.530. The molecule has 0 rings (SSSR count). The fourth-order valence-electron chi connectivity index (χ4n) is 2.41. The van der Waals surface area contributed by atoms with Gasteiger partial charge in [0.05, 0.1) is 0 Å². The van der Waals surface area contributed by atoms with Crippen molar-refractivity contribution < 1.29 is 4.79 Å². The van der Waals surface area contributed by atoms with E-state index in [9.17, 15) is 4.79 Å². The second kappa shape index (κ2) is 15.5. The number of nitrogens with one attached hydrogen (secondary N) is 1. The molecule has 0 fully saturated rings. The predicted molar refractivity (Wildman–Crippen MR) is 84.4 cm³/mol. The van der Waals surface area contributed by atoms with Crippen molar-refractivity contribution in [1.29, 1.82) is 0 Å². The lowest BCUT2D eigenvalue weighted by molar-refractivity contribution is -0.121. The molecule has 0 aliphatic heterocycles. The van der Waals surface area contributed by atoms with E-state index in [1.54, 1.807) is 0 Å². The molecule has 0 atom stereocenters. The van der Waals surface area contributed by atoms with E-state index in [1.165, 1.54) is 70.6 Å². The third kappa shape index (κ3) is 15.4. The summed E-state index contributed by atoms with van der Waals surface area (Å²) >= 11 is 0. The van der Waals surface area contributed by atoms with Gasteiger partial charge in [0, 0.05) is 13.0 Å². The highest BCUT2D eigenvalue weighted by atomic mass is 16.1. The molecule has 0 radical (unpaired) electrons. The van der Waals surface area contributed by atoms with Gasteiger partial charge in [0.2, 0.25) is 5.91 Å². The molecule has 1 amide bonds. The Bertz CT molecular complexity index is 192. The highest BCUT2D eigenvalue weighted by Crippen LogP contribution is 2.12. The van der Waals surface area contributed by atoms with Crippen LogP contribution >= 0.6 is 0 Å². The molecule has 0 aromatic carbocycles. The lowest BCUT2D eigenvalue weighted by Gasteiger charge is -2.03. The smallest absolute Gasteiger partial charge is 0.219 e. The molecule has 0 heterocycles. The van der Waals surface area contributed by atoms with Crippen molar-refractivity contribution >= 4 is 5.91 Å². The fourth-order valence-corrected chi connectivity index (χ4v) is 2.41. The van der Waals surface area contributed by atoms with Crippen LogP contribution in [0, 0.1) is 0 Å². The van der Waals surface area contributed by atoms with Gasteiger partial charge in [0.15, 0.2) is 0 Å². The van der Waals surface area contributed by atoms with Crippen LogP contribution in [-0.2, 0) is 4.79 Å². The molecule has 0 aromatic heterocycles. The van der Waals surface area contributed by atoms with E-state index in [2.05, 4.69) is 12.2 Å². The molecule has 0 saturated carbocycles. The number of carbonyl (C=O) groups excluding carboxylic acids is 1. The average molecular weight is 269 g/mol. The summed E-state index contributed by atoms with van der Waals surface area (Å²) in [4.78, 5) is 11.2. The van der Waals surface area contributed by atoms with Gasteiger partial charge in [-0.05, 0) is 13.3 Å². The maximum Gasteiger partial charge on any atom is 0.219 e. The van der Waals surface area contributed by atoms with Gasteiger partial charge in [-0.3, -0.25) is 4.79 Å². The molecule has 2 nitrogen and oxygen atoms in total. The van der Waals surface area contributed by atoms with Crippen molar-refractivity contribution in [2.24, 2.45) is 0 Å². The minimum absolute atomic E-state index is 0.217. The molecular formula is C17H35NO. The predicted octanol–water partition coefficient (Wildman–Crippen LogP) is 5.21. The summed E-state index contributed by atoms with van der Waals surface area (Å²) in [7, 11) is 0. The number of amides is 1. The Balaban J connectivity index is 3.01. The Labute approximate surface area is 120 Å². The van der Waals surface area contributed by atoms with E-state index < -0.39 is 0 Å². The minimum atomic E-state index is 0.217.